The van der Waals surface area contributed by atoms with Crippen LogP contribution in [-0.2, 0) is 10.2 Å². The number of carbonyl (C=O) groups is 2. The number of rotatable bonds is 7. The summed E-state index contributed by atoms with van der Waals surface area (Å²) >= 11 is 0. The first-order chi connectivity index (χ1) is 14.5. The summed E-state index contributed by atoms with van der Waals surface area (Å²) in [5, 5.41) is 17.8. The largest absolute Gasteiger partial charge is 0.494 e. The molecule has 1 aliphatic heterocycles. The number of anilines is 2. The summed E-state index contributed by atoms with van der Waals surface area (Å²) in [4.78, 5) is 28.4. The molecule has 2 heterocycles. The number of benzene rings is 1. The first-order valence-electron chi connectivity index (χ1n) is 9.15. The highest BCUT2D eigenvalue weighted by Crippen LogP contribution is 2.47. The SMILES string of the molecule is CNC(=O)c1nnc(C2(C(N)=O)CC2)cc1Nc1cccc(C2=N[N]C=N2)c1OC. The molecular formula is C19H19N8O3. The highest BCUT2D eigenvalue weighted by molar-refractivity contribution is 6.08. The summed E-state index contributed by atoms with van der Waals surface area (Å²) in [5.74, 6) is -0.0287. The van der Waals surface area contributed by atoms with Crippen LogP contribution >= 0.6 is 0 Å². The first-order valence-corrected chi connectivity index (χ1v) is 9.15. The molecule has 1 fully saturated rings. The van der Waals surface area contributed by atoms with Crippen LogP contribution in [0.4, 0.5) is 11.4 Å². The number of aromatic nitrogens is 2. The van der Waals surface area contributed by atoms with Crippen molar-refractivity contribution in [1.29, 1.82) is 0 Å². The molecule has 0 bridgehead atoms. The summed E-state index contributed by atoms with van der Waals surface area (Å²) in [6, 6.07) is 6.98. The number of amidine groups is 1. The van der Waals surface area contributed by atoms with Crippen molar-refractivity contribution in [3.05, 3.63) is 41.2 Å². The Balaban J connectivity index is 1.79. The van der Waals surface area contributed by atoms with Gasteiger partial charge in [0.15, 0.2) is 17.3 Å². The Morgan fingerprint density at radius 3 is 2.60 bits per heavy atom. The second-order valence-electron chi connectivity index (χ2n) is 6.81. The predicted molar refractivity (Wildman–Crippen MR) is 109 cm³/mol. The fraction of sp³-hybridized carbons (Fsp3) is 0.263. The number of primary amides is 1. The smallest absolute Gasteiger partial charge is 0.273 e. The Hall–Kier alpha value is -4.02. The summed E-state index contributed by atoms with van der Waals surface area (Å²) in [6.45, 7) is 0. The van der Waals surface area contributed by atoms with Gasteiger partial charge in [-0.1, -0.05) is 6.07 Å². The van der Waals surface area contributed by atoms with Gasteiger partial charge in [-0.05, 0) is 31.0 Å². The molecule has 11 nitrogen and oxygen atoms in total. The van der Waals surface area contributed by atoms with Gasteiger partial charge in [0.2, 0.25) is 5.91 Å². The molecule has 1 aliphatic carbocycles. The maximum absolute atomic E-state index is 12.3. The van der Waals surface area contributed by atoms with Crippen LogP contribution in [0.25, 0.3) is 0 Å². The highest BCUT2D eigenvalue weighted by atomic mass is 16.5. The van der Waals surface area contributed by atoms with Crippen LogP contribution in [0.15, 0.2) is 34.4 Å². The summed E-state index contributed by atoms with van der Waals surface area (Å²) < 4.78 is 5.57. The van der Waals surface area contributed by atoms with Crippen LogP contribution in [0.5, 0.6) is 5.75 Å². The van der Waals surface area contributed by atoms with E-state index in [1.807, 2.05) is 0 Å². The van der Waals surface area contributed by atoms with Gasteiger partial charge in [-0.25, -0.2) is 4.99 Å². The number of ether oxygens (including phenoxy) is 1. The van der Waals surface area contributed by atoms with E-state index in [1.165, 1.54) is 20.5 Å². The molecule has 1 aromatic heterocycles. The monoisotopic (exact) mass is 407 g/mol. The van der Waals surface area contributed by atoms with E-state index in [0.717, 1.165) is 0 Å². The maximum Gasteiger partial charge on any atom is 0.273 e. The van der Waals surface area contributed by atoms with Gasteiger partial charge in [-0.2, -0.15) is 5.10 Å². The van der Waals surface area contributed by atoms with E-state index < -0.39 is 17.2 Å². The highest BCUT2D eigenvalue weighted by Gasteiger charge is 2.52. The van der Waals surface area contributed by atoms with Gasteiger partial charge in [-0.3, -0.25) is 9.59 Å². The molecule has 1 aromatic carbocycles. The van der Waals surface area contributed by atoms with Crippen molar-refractivity contribution in [2.45, 2.75) is 18.3 Å². The maximum atomic E-state index is 12.3. The molecule has 153 valence electrons. The average molecular weight is 407 g/mol. The third kappa shape index (κ3) is 3.19. The lowest BCUT2D eigenvalue weighted by molar-refractivity contribution is -0.120. The number of nitrogens with one attached hydrogen (secondary N) is 2. The molecule has 4 rings (SSSR count). The van der Waals surface area contributed by atoms with E-state index in [4.69, 9.17) is 10.5 Å². The molecule has 2 aliphatic rings. The molecule has 11 heteroatoms. The minimum atomic E-state index is -0.842. The Kier molecular flexibility index (Phi) is 4.78. The van der Waals surface area contributed by atoms with Crippen molar-refractivity contribution in [3.8, 4) is 5.75 Å². The molecule has 0 atom stereocenters. The minimum Gasteiger partial charge on any atom is -0.494 e. The summed E-state index contributed by atoms with van der Waals surface area (Å²) in [5.41, 5.74) is 10.5. The van der Waals surface area contributed by atoms with Gasteiger partial charge >= 0.3 is 0 Å². The third-order valence-electron chi connectivity index (χ3n) is 5.06. The zero-order valence-electron chi connectivity index (χ0n) is 16.3. The lowest BCUT2D eigenvalue weighted by Gasteiger charge is -2.17. The molecular weight excluding hydrogens is 388 g/mol. The average Bonchev–Trinajstić information content (AvgIpc) is 3.40. The Morgan fingerprint density at radius 2 is 2.00 bits per heavy atom. The Bertz CT molecular complexity index is 1090. The van der Waals surface area contributed by atoms with Crippen LogP contribution < -0.4 is 26.5 Å². The van der Waals surface area contributed by atoms with Gasteiger partial charge in [0, 0.05) is 7.05 Å². The van der Waals surface area contributed by atoms with E-state index in [9.17, 15) is 9.59 Å². The van der Waals surface area contributed by atoms with E-state index in [0.29, 0.717) is 47.1 Å². The van der Waals surface area contributed by atoms with Crippen molar-refractivity contribution in [2.75, 3.05) is 19.5 Å². The van der Waals surface area contributed by atoms with Crippen LogP contribution in [0.3, 0.4) is 0 Å². The zero-order chi connectivity index (χ0) is 21.3. The zero-order valence-corrected chi connectivity index (χ0v) is 16.3. The van der Waals surface area contributed by atoms with E-state index in [1.54, 1.807) is 24.3 Å². The quantitative estimate of drug-likeness (QED) is 0.603. The molecule has 0 saturated heterocycles. The molecule has 0 unspecified atom stereocenters. The van der Waals surface area contributed by atoms with Crippen molar-refractivity contribution >= 4 is 35.4 Å². The summed E-state index contributed by atoms with van der Waals surface area (Å²) in [7, 11) is 3.01. The number of nitrogens with two attached hydrogens (primary N) is 1. The number of carbonyl (C=O) groups excluding carboxylic acids is 2. The van der Waals surface area contributed by atoms with Crippen LogP contribution in [0.1, 0.15) is 34.6 Å². The number of nitrogens with zero attached hydrogens (tertiary/aromatic N) is 5. The lowest BCUT2D eigenvalue weighted by atomic mass is 10.0. The van der Waals surface area contributed by atoms with Gasteiger partial charge in [0.05, 0.1) is 35.2 Å². The molecule has 1 radical (unpaired) electrons. The van der Waals surface area contributed by atoms with Crippen molar-refractivity contribution in [1.82, 2.24) is 20.9 Å². The van der Waals surface area contributed by atoms with Crippen molar-refractivity contribution in [3.63, 3.8) is 0 Å². The van der Waals surface area contributed by atoms with Crippen molar-refractivity contribution < 1.29 is 14.3 Å². The van der Waals surface area contributed by atoms with Crippen LogP contribution in [0, 0.1) is 0 Å². The van der Waals surface area contributed by atoms with Gasteiger partial charge in [0.25, 0.3) is 5.91 Å². The van der Waals surface area contributed by atoms with Gasteiger partial charge < -0.3 is 21.1 Å². The Morgan fingerprint density at radius 1 is 1.20 bits per heavy atom. The molecule has 2 amide bonds. The topological polar surface area (TPSA) is 158 Å². The van der Waals surface area contributed by atoms with E-state index in [2.05, 4.69) is 36.4 Å². The lowest BCUT2D eigenvalue weighted by Crippen LogP contribution is -2.30. The second-order valence-corrected chi connectivity index (χ2v) is 6.81. The minimum absolute atomic E-state index is 0.0696. The number of amides is 2. The second kappa shape index (κ2) is 7.43. The molecule has 1 saturated carbocycles. The number of hydrogen-bond donors (Lipinski definition) is 3. The normalized spacial score (nSPS) is 15.7. The fourth-order valence-electron chi connectivity index (χ4n) is 3.25. The number of para-hydroxylation sites is 1. The molecule has 4 N–H and O–H groups in total. The first kappa shape index (κ1) is 19.3. The number of methoxy groups -OCH3 is 1. The molecule has 30 heavy (non-hydrogen) atoms. The van der Waals surface area contributed by atoms with Gasteiger partial charge in [0.1, 0.15) is 6.34 Å². The summed E-state index contributed by atoms with van der Waals surface area (Å²) in [6.07, 6.45) is 2.53. The van der Waals surface area contributed by atoms with Crippen LogP contribution in [0.2, 0.25) is 0 Å². The van der Waals surface area contributed by atoms with E-state index in [-0.39, 0.29) is 5.69 Å². The molecule has 2 aromatic rings. The predicted octanol–water partition coefficient (Wildman–Crippen LogP) is 0.413. The number of hydrogen-bond acceptors (Lipinski definition) is 8. The van der Waals surface area contributed by atoms with E-state index >= 15 is 0 Å². The third-order valence-corrected chi connectivity index (χ3v) is 5.06. The fourth-order valence-corrected chi connectivity index (χ4v) is 3.25. The standard InChI is InChI=1S/C19H19N8O3/c1-21-17(28)14-12(8-13(25-26-14)19(6-7-19)18(20)29)24-11-5-3-4-10(15(11)30-2)16-22-9-23-27-16/h3-5,8-9H,6-7H2,1-2H3,(H2,20,29)(H,21,28)(H,24,25). The molecule has 0 spiro atoms. The van der Waals surface area contributed by atoms with Crippen molar-refractivity contribution in [2.24, 2.45) is 15.8 Å². The Labute approximate surface area is 171 Å². The number of aliphatic imine (C=N–C) groups is 1. The van der Waals surface area contributed by atoms with Crippen LogP contribution in [-0.4, -0.2) is 48.3 Å². The van der Waals surface area contributed by atoms with Gasteiger partial charge in [-0.15, -0.1) is 15.6 Å².